The molecule has 0 bridgehead atoms. The lowest BCUT2D eigenvalue weighted by Gasteiger charge is -2.10. The summed E-state index contributed by atoms with van der Waals surface area (Å²) < 4.78 is 18.7. The zero-order chi connectivity index (χ0) is 18.4. The molecule has 1 amide bonds. The second kappa shape index (κ2) is 8.15. The largest absolute Gasteiger partial charge is 0.488 e. The van der Waals surface area contributed by atoms with Crippen molar-refractivity contribution in [3.05, 3.63) is 52.9 Å². The predicted octanol–water partition coefficient (Wildman–Crippen LogP) is 0.509. The number of amides is 1. The van der Waals surface area contributed by atoms with Gasteiger partial charge in [-0.2, -0.15) is 0 Å². The van der Waals surface area contributed by atoms with Crippen LogP contribution in [0.25, 0.3) is 0 Å². The van der Waals surface area contributed by atoms with Crippen molar-refractivity contribution in [3.63, 3.8) is 0 Å². The number of nitrogen functional groups attached to an aromatic ring is 1. The third-order valence-electron chi connectivity index (χ3n) is 3.14. The van der Waals surface area contributed by atoms with Crippen LogP contribution in [-0.2, 0) is 6.54 Å². The molecule has 1 heterocycles. The third kappa shape index (κ3) is 4.95. The molecule has 0 aliphatic heterocycles. The number of aromatic nitrogens is 2. The SMILES string of the molecule is Cc1nc(C(=N)N)cc(C(=O)NCc2ccc(F)c(OCCO)c2)n1. The molecule has 2 aromatic rings. The van der Waals surface area contributed by atoms with Gasteiger partial charge in [-0.3, -0.25) is 10.2 Å². The summed E-state index contributed by atoms with van der Waals surface area (Å²) in [5.74, 6) is -0.975. The van der Waals surface area contributed by atoms with Crippen LogP contribution < -0.4 is 15.8 Å². The maximum atomic E-state index is 13.6. The Balaban J connectivity index is 2.08. The van der Waals surface area contributed by atoms with Gasteiger partial charge in [-0.25, -0.2) is 14.4 Å². The first-order chi connectivity index (χ1) is 11.9. The molecule has 0 saturated heterocycles. The Morgan fingerprint density at radius 2 is 2.08 bits per heavy atom. The maximum absolute atomic E-state index is 13.6. The van der Waals surface area contributed by atoms with E-state index in [4.69, 9.17) is 21.0 Å². The average Bonchev–Trinajstić information content (AvgIpc) is 2.59. The molecule has 0 aliphatic carbocycles. The highest BCUT2D eigenvalue weighted by molar-refractivity contribution is 5.97. The number of benzene rings is 1. The summed E-state index contributed by atoms with van der Waals surface area (Å²) in [5.41, 5.74) is 6.24. The van der Waals surface area contributed by atoms with Crippen molar-refractivity contribution in [2.75, 3.05) is 13.2 Å². The molecular weight excluding hydrogens is 329 g/mol. The molecule has 25 heavy (non-hydrogen) atoms. The lowest BCUT2D eigenvalue weighted by atomic mass is 10.2. The van der Waals surface area contributed by atoms with Crippen LogP contribution in [0, 0.1) is 18.2 Å². The van der Waals surface area contributed by atoms with Crippen LogP contribution in [0.5, 0.6) is 5.75 Å². The number of ether oxygens (including phenoxy) is 1. The monoisotopic (exact) mass is 347 g/mol. The van der Waals surface area contributed by atoms with Gasteiger partial charge in [0.25, 0.3) is 5.91 Å². The van der Waals surface area contributed by atoms with E-state index in [9.17, 15) is 9.18 Å². The van der Waals surface area contributed by atoms with Crippen molar-refractivity contribution in [2.24, 2.45) is 5.73 Å². The van der Waals surface area contributed by atoms with E-state index in [2.05, 4.69) is 15.3 Å². The number of rotatable bonds is 7. The van der Waals surface area contributed by atoms with Gasteiger partial charge >= 0.3 is 0 Å². The Bertz CT molecular complexity index is 797. The Morgan fingerprint density at radius 1 is 1.36 bits per heavy atom. The zero-order valence-electron chi connectivity index (χ0n) is 13.5. The summed E-state index contributed by atoms with van der Waals surface area (Å²) in [4.78, 5) is 20.2. The quantitative estimate of drug-likeness (QED) is 0.426. The van der Waals surface area contributed by atoms with Crippen LogP contribution in [0.4, 0.5) is 4.39 Å². The number of hydrogen-bond acceptors (Lipinski definition) is 6. The summed E-state index contributed by atoms with van der Waals surface area (Å²) in [5, 5.41) is 18.8. The van der Waals surface area contributed by atoms with Crippen molar-refractivity contribution in [1.82, 2.24) is 15.3 Å². The van der Waals surface area contributed by atoms with E-state index in [1.807, 2.05) is 0 Å². The number of aliphatic hydroxyl groups excluding tert-OH is 1. The average molecular weight is 347 g/mol. The minimum atomic E-state index is -0.555. The normalized spacial score (nSPS) is 10.4. The van der Waals surface area contributed by atoms with Crippen molar-refractivity contribution in [3.8, 4) is 5.75 Å². The molecule has 0 spiro atoms. The molecule has 2 rings (SSSR count). The van der Waals surface area contributed by atoms with E-state index >= 15 is 0 Å². The molecule has 0 atom stereocenters. The van der Waals surface area contributed by atoms with Gasteiger partial charge in [0.15, 0.2) is 11.6 Å². The number of aryl methyl sites for hydroxylation is 1. The summed E-state index contributed by atoms with van der Waals surface area (Å²) in [7, 11) is 0. The maximum Gasteiger partial charge on any atom is 0.270 e. The lowest BCUT2D eigenvalue weighted by molar-refractivity contribution is 0.0945. The molecule has 0 radical (unpaired) electrons. The van der Waals surface area contributed by atoms with Crippen LogP contribution in [0.3, 0.4) is 0 Å². The minimum Gasteiger partial charge on any atom is -0.488 e. The third-order valence-corrected chi connectivity index (χ3v) is 3.14. The van der Waals surface area contributed by atoms with Gasteiger partial charge in [0, 0.05) is 6.54 Å². The van der Waals surface area contributed by atoms with Gasteiger partial charge in [-0.15, -0.1) is 0 Å². The highest BCUT2D eigenvalue weighted by Crippen LogP contribution is 2.18. The number of carbonyl (C=O) groups excluding carboxylic acids is 1. The molecule has 1 aromatic heterocycles. The minimum absolute atomic E-state index is 0.00227. The second-order valence-electron chi connectivity index (χ2n) is 5.12. The molecule has 132 valence electrons. The number of nitrogens with two attached hydrogens (primary N) is 1. The van der Waals surface area contributed by atoms with Crippen LogP contribution in [0.2, 0.25) is 0 Å². The summed E-state index contributed by atoms with van der Waals surface area (Å²) in [6, 6.07) is 5.49. The molecule has 0 saturated carbocycles. The van der Waals surface area contributed by atoms with Gasteiger partial charge < -0.3 is 20.9 Å². The Kier molecular flexibility index (Phi) is 5.96. The smallest absolute Gasteiger partial charge is 0.270 e. The van der Waals surface area contributed by atoms with E-state index in [0.717, 1.165) is 0 Å². The van der Waals surface area contributed by atoms with Gasteiger partial charge in [-0.05, 0) is 30.7 Å². The van der Waals surface area contributed by atoms with Crippen LogP contribution in [-0.4, -0.2) is 40.0 Å². The van der Waals surface area contributed by atoms with E-state index in [0.29, 0.717) is 11.4 Å². The molecular formula is C16H18FN5O3. The Hall–Kier alpha value is -3.07. The lowest BCUT2D eigenvalue weighted by Crippen LogP contribution is -2.25. The molecule has 9 heteroatoms. The highest BCUT2D eigenvalue weighted by Gasteiger charge is 2.12. The van der Waals surface area contributed by atoms with Crippen molar-refractivity contribution < 1.29 is 19.0 Å². The molecule has 1 aromatic carbocycles. The fourth-order valence-electron chi connectivity index (χ4n) is 2.02. The van der Waals surface area contributed by atoms with Gasteiger partial charge in [0.05, 0.1) is 6.61 Å². The van der Waals surface area contributed by atoms with Gasteiger partial charge in [0.2, 0.25) is 0 Å². The summed E-state index contributed by atoms with van der Waals surface area (Å²) >= 11 is 0. The van der Waals surface area contributed by atoms with Gasteiger partial charge in [0.1, 0.15) is 29.7 Å². The fraction of sp³-hybridized carbons (Fsp3) is 0.250. The summed E-state index contributed by atoms with van der Waals surface area (Å²) in [6.07, 6.45) is 0. The first kappa shape index (κ1) is 18.3. The van der Waals surface area contributed by atoms with E-state index in [1.54, 1.807) is 6.92 Å². The highest BCUT2D eigenvalue weighted by atomic mass is 19.1. The number of hydrogen-bond donors (Lipinski definition) is 4. The standard InChI is InChI=1S/C16H18FN5O3/c1-9-21-12(15(18)19)7-13(22-9)16(24)20-8-10-2-3-11(17)14(6-10)25-5-4-23/h2-3,6-7,23H,4-5,8H2,1H3,(H3,18,19)(H,20,24). The van der Waals surface area contributed by atoms with Crippen LogP contribution in [0.1, 0.15) is 27.6 Å². The number of amidine groups is 1. The Labute approximate surface area is 143 Å². The van der Waals surface area contributed by atoms with E-state index < -0.39 is 11.7 Å². The molecule has 0 unspecified atom stereocenters. The molecule has 5 N–H and O–H groups in total. The zero-order valence-corrected chi connectivity index (χ0v) is 13.5. The fourth-order valence-corrected chi connectivity index (χ4v) is 2.02. The van der Waals surface area contributed by atoms with Crippen molar-refractivity contribution in [2.45, 2.75) is 13.5 Å². The second-order valence-corrected chi connectivity index (χ2v) is 5.12. The van der Waals surface area contributed by atoms with Crippen molar-refractivity contribution in [1.29, 1.82) is 5.41 Å². The first-order valence-corrected chi connectivity index (χ1v) is 7.41. The van der Waals surface area contributed by atoms with Crippen LogP contribution >= 0.6 is 0 Å². The van der Waals surface area contributed by atoms with E-state index in [-0.39, 0.29) is 42.7 Å². The first-order valence-electron chi connectivity index (χ1n) is 7.41. The summed E-state index contributed by atoms with van der Waals surface area (Å²) in [6.45, 7) is 1.45. The molecule has 0 fully saturated rings. The molecule has 0 aliphatic rings. The Morgan fingerprint density at radius 3 is 2.76 bits per heavy atom. The molecule has 8 nitrogen and oxygen atoms in total. The van der Waals surface area contributed by atoms with E-state index in [1.165, 1.54) is 24.3 Å². The predicted molar refractivity (Wildman–Crippen MR) is 87.9 cm³/mol. The van der Waals surface area contributed by atoms with Crippen LogP contribution in [0.15, 0.2) is 24.3 Å². The number of carbonyl (C=O) groups is 1. The van der Waals surface area contributed by atoms with Crippen molar-refractivity contribution >= 4 is 11.7 Å². The number of halogens is 1. The number of nitrogens with one attached hydrogen (secondary N) is 2. The number of aliphatic hydroxyl groups is 1. The van der Waals surface area contributed by atoms with Gasteiger partial charge in [-0.1, -0.05) is 6.07 Å². The number of nitrogens with zero attached hydrogens (tertiary/aromatic N) is 2. The topological polar surface area (TPSA) is 134 Å².